The standard InChI is InChI=1S/C15H13N3O3S/c1-9(14-16-7-8-22-14)20-15(19)12-6-4-3-5-11(12)13-18-17-10(2)21-13/h3-9H,1-2H3/t9-/m0/s1. The zero-order valence-electron chi connectivity index (χ0n) is 12.0. The van der Waals surface area contributed by atoms with Crippen molar-refractivity contribution >= 4 is 17.3 Å². The third-order valence-electron chi connectivity index (χ3n) is 2.99. The molecule has 22 heavy (non-hydrogen) atoms. The Balaban J connectivity index is 1.87. The number of hydrogen-bond acceptors (Lipinski definition) is 7. The second-order valence-electron chi connectivity index (χ2n) is 4.59. The van der Waals surface area contributed by atoms with Gasteiger partial charge in [-0.15, -0.1) is 21.5 Å². The maximum Gasteiger partial charge on any atom is 0.339 e. The van der Waals surface area contributed by atoms with Gasteiger partial charge in [-0.2, -0.15) is 0 Å². The minimum atomic E-state index is -0.450. The molecule has 0 aliphatic heterocycles. The lowest BCUT2D eigenvalue weighted by molar-refractivity contribution is 0.0338. The van der Waals surface area contributed by atoms with E-state index in [0.717, 1.165) is 5.01 Å². The van der Waals surface area contributed by atoms with Crippen LogP contribution in [0.4, 0.5) is 0 Å². The molecule has 2 heterocycles. The molecule has 0 saturated heterocycles. The van der Waals surface area contributed by atoms with Gasteiger partial charge in [0.15, 0.2) is 6.10 Å². The fourth-order valence-electron chi connectivity index (χ4n) is 1.96. The lowest BCUT2D eigenvalue weighted by Crippen LogP contribution is -2.10. The van der Waals surface area contributed by atoms with Gasteiger partial charge in [0, 0.05) is 18.5 Å². The van der Waals surface area contributed by atoms with Gasteiger partial charge in [0.1, 0.15) is 5.01 Å². The van der Waals surface area contributed by atoms with E-state index in [0.29, 0.717) is 22.9 Å². The molecule has 0 radical (unpaired) electrons. The summed E-state index contributed by atoms with van der Waals surface area (Å²) < 4.78 is 10.9. The smallest absolute Gasteiger partial charge is 0.339 e. The van der Waals surface area contributed by atoms with Crippen molar-refractivity contribution in [3.05, 3.63) is 52.3 Å². The Morgan fingerprint density at radius 2 is 2.14 bits per heavy atom. The van der Waals surface area contributed by atoms with E-state index in [-0.39, 0.29) is 0 Å². The number of carbonyl (C=O) groups excluding carboxylic acids is 1. The fourth-order valence-corrected chi connectivity index (χ4v) is 2.59. The highest BCUT2D eigenvalue weighted by Gasteiger charge is 2.21. The summed E-state index contributed by atoms with van der Waals surface area (Å²) in [7, 11) is 0. The summed E-state index contributed by atoms with van der Waals surface area (Å²) in [6.07, 6.45) is 1.27. The highest BCUT2D eigenvalue weighted by atomic mass is 32.1. The Kier molecular flexibility index (Phi) is 3.97. The minimum Gasteiger partial charge on any atom is -0.452 e. The van der Waals surface area contributed by atoms with Crippen molar-refractivity contribution in [2.75, 3.05) is 0 Å². The van der Waals surface area contributed by atoms with E-state index in [1.807, 2.05) is 5.38 Å². The van der Waals surface area contributed by atoms with E-state index in [2.05, 4.69) is 15.2 Å². The Morgan fingerprint density at radius 1 is 1.32 bits per heavy atom. The van der Waals surface area contributed by atoms with Crippen molar-refractivity contribution in [3.8, 4) is 11.5 Å². The first-order valence-corrected chi connectivity index (χ1v) is 7.53. The van der Waals surface area contributed by atoms with Crippen molar-refractivity contribution in [1.82, 2.24) is 15.2 Å². The van der Waals surface area contributed by atoms with Gasteiger partial charge in [0.2, 0.25) is 11.8 Å². The number of esters is 1. The predicted octanol–water partition coefficient (Wildman–Crippen LogP) is 3.42. The van der Waals surface area contributed by atoms with Crippen LogP contribution in [-0.2, 0) is 4.74 Å². The first-order valence-electron chi connectivity index (χ1n) is 6.65. The van der Waals surface area contributed by atoms with E-state index in [1.54, 1.807) is 44.3 Å². The molecule has 6 nitrogen and oxygen atoms in total. The number of hydrogen-bond donors (Lipinski definition) is 0. The number of benzene rings is 1. The van der Waals surface area contributed by atoms with Crippen LogP contribution in [0.25, 0.3) is 11.5 Å². The highest BCUT2D eigenvalue weighted by Crippen LogP contribution is 2.26. The summed E-state index contributed by atoms with van der Waals surface area (Å²) in [6.45, 7) is 3.48. The van der Waals surface area contributed by atoms with Crippen molar-refractivity contribution < 1.29 is 13.9 Å². The van der Waals surface area contributed by atoms with Crippen LogP contribution in [0.15, 0.2) is 40.3 Å². The normalized spacial score (nSPS) is 12.1. The van der Waals surface area contributed by atoms with Crippen molar-refractivity contribution in [3.63, 3.8) is 0 Å². The van der Waals surface area contributed by atoms with E-state index in [1.165, 1.54) is 11.3 Å². The van der Waals surface area contributed by atoms with Crippen LogP contribution < -0.4 is 0 Å². The highest BCUT2D eigenvalue weighted by molar-refractivity contribution is 7.09. The quantitative estimate of drug-likeness (QED) is 0.686. The molecule has 0 N–H and O–H groups in total. The number of rotatable bonds is 4. The molecule has 0 fully saturated rings. The molecule has 2 aromatic heterocycles. The molecule has 3 aromatic rings. The Morgan fingerprint density at radius 3 is 2.82 bits per heavy atom. The molecule has 0 aliphatic carbocycles. The first-order chi connectivity index (χ1) is 10.6. The average molecular weight is 315 g/mol. The monoisotopic (exact) mass is 315 g/mol. The van der Waals surface area contributed by atoms with Gasteiger partial charge in [-0.1, -0.05) is 12.1 Å². The molecule has 0 spiro atoms. The first kappa shape index (κ1) is 14.4. The maximum atomic E-state index is 12.4. The molecule has 1 atom stereocenters. The Hall–Kier alpha value is -2.54. The Bertz CT molecular complexity index is 783. The lowest BCUT2D eigenvalue weighted by Gasteiger charge is -2.12. The van der Waals surface area contributed by atoms with Crippen LogP contribution in [0.5, 0.6) is 0 Å². The van der Waals surface area contributed by atoms with E-state index < -0.39 is 12.1 Å². The summed E-state index contributed by atoms with van der Waals surface area (Å²) in [4.78, 5) is 16.6. The van der Waals surface area contributed by atoms with Gasteiger partial charge in [0.25, 0.3) is 0 Å². The lowest BCUT2D eigenvalue weighted by atomic mass is 10.1. The second-order valence-corrected chi connectivity index (χ2v) is 5.52. The third kappa shape index (κ3) is 2.89. The van der Waals surface area contributed by atoms with Crippen molar-refractivity contribution in [1.29, 1.82) is 0 Å². The number of nitrogens with zero attached hydrogens (tertiary/aromatic N) is 3. The van der Waals surface area contributed by atoms with Crippen LogP contribution in [-0.4, -0.2) is 21.2 Å². The summed E-state index contributed by atoms with van der Waals surface area (Å²) >= 11 is 1.44. The molecular weight excluding hydrogens is 302 g/mol. The Labute approximate surface area is 130 Å². The molecule has 0 bridgehead atoms. The predicted molar refractivity (Wildman–Crippen MR) is 80.4 cm³/mol. The summed E-state index contributed by atoms with van der Waals surface area (Å²) in [5, 5.41) is 10.3. The van der Waals surface area contributed by atoms with Crippen LogP contribution in [0, 0.1) is 6.92 Å². The molecule has 0 unspecified atom stereocenters. The van der Waals surface area contributed by atoms with Crippen LogP contribution in [0.2, 0.25) is 0 Å². The van der Waals surface area contributed by atoms with Gasteiger partial charge in [-0.3, -0.25) is 0 Å². The summed E-state index contributed by atoms with van der Waals surface area (Å²) in [5.41, 5.74) is 0.939. The maximum absolute atomic E-state index is 12.4. The fraction of sp³-hybridized carbons (Fsp3) is 0.200. The SMILES string of the molecule is Cc1nnc(-c2ccccc2C(=O)O[C@@H](C)c2nccs2)o1. The van der Waals surface area contributed by atoms with Gasteiger partial charge in [-0.05, 0) is 19.1 Å². The van der Waals surface area contributed by atoms with E-state index >= 15 is 0 Å². The molecule has 0 amide bonds. The molecular formula is C15H13N3O3S. The van der Waals surface area contributed by atoms with Gasteiger partial charge < -0.3 is 9.15 Å². The van der Waals surface area contributed by atoms with E-state index in [4.69, 9.17) is 9.15 Å². The van der Waals surface area contributed by atoms with Gasteiger partial charge >= 0.3 is 5.97 Å². The van der Waals surface area contributed by atoms with Gasteiger partial charge in [0.05, 0.1) is 11.1 Å². The number of aromatic nitrogens is 3. The summed E-state index contributed by atoms with van der Waals surface area (Å²) in [6, 6.07) is 6.98. The average Bonchev–Trinajstić information content (AvgIpc) is 3.18. The number of aryl methyl sites for hydroxylation is 1. The number of thiazole rings is 1. The molecule has 0 aliphatic rings. The zero-order valence-corrected chi connectivity index (χ0v) is 12.8. The summed E-state index contributed by atoms with van der Waals surface area (Å²) in [5.74, 6) is 0.287. The van der Waals surface area contributed by atoms with Crippen molar-refractivity contribution in [2.45, 2.75) is 20.0 Å². The third-order valence-corrected chi connectivity index (χ3v) is 3.92. The second kappa shape index (κ2) is 6.07. The van der Waals surface area contributed by atoms with Crippen molar-refractivity contribution in [2.24, 2.45) is 0 Å². The number of ether oxygens (including phenoxy) is 1. The minimum absolute atomic E-state index is 0.298. The zero-order chi connectivity index (χ0) is 15.5. The topological polar surface area (TPSA) is 78.1 Å². The van der Waals surface area contributed by atoms with Crippen LogP contribution >= 0.6 is 11.3 Å². The largest absolute Gasteiger partial charge is 0.452 e. The number of carbonyl (C=O) groups is 1. The van der Waals surface area contributed by atoms with E-state index in [9.17, 15) is 4.79 Å². The molecule has 7 heteroatoms. The van der Waals surface area contributed by atoms with Gasteiger partial charge in [-0.25, -0.2) is 9.78 Å². The van der Waals surface area contributed by atoms with Crippen LogP contribution in [0.1, 0.15) is 34.3 Å². The van der Waals surface area contributed by atoms with Crippen LogP contribution in [0.3, 0.4) is 0 Å². The molecule has 0 saturated carbocycles. The molecule has 1 aromatic carbocycles. The molecule has 3 rings (SSSR count). The molecule has 112 valence electrons.